The molecule has 92 valence electrons. The molecule has 1 N–H and O–H groups in total. The standard InChI is InChI=1S/C10H8N4O2S2/c15-9(16)1-3-14-10(11-12-13-14)8-5-7-6(18-8)2-4-17-7/h2,4-5H,1,3H2,(H,15,16). The summed E-state index contributed by atoms with van der Waals surface area (Å²) < 4.78 is 3.93. The van der Waals surface area contributed by atoms with Crippen molar-refractivity contribution in [3.63, 3.8) is 0 Å². The predicted octanol–water partition coefficient (Wildman–Crippen LogP) is 2.09. The number of carboxylic acids is 1. The van der Waals surface area contributed by atoms with Crippen LogP contribution in [0.15, 0.2) is 17.5 Å². The van der Waals surface area contributed by atoms with Crippen LogP contribution in [0.1, 0.15) is 6.42 Å². The highest BCUT2D eigenvalue weighted by Gasteiger charge is 2.13. The number of tetrazole rings is 1. The number of fused-ring (bicyclic) bond motifs is 1. The highest BCUT2D eigenvalue weighted by molar-refractivity contribution is 7.28. The summed E-state index contributed by atoms with van der Waals surface area (Å²) in [6, 6.07) is 4.09. The van der Waals surface area contributed by atoms with E-state index in [0.717, 1.165) is 4.88 Å². The van der Waals surface area contributed by atoms with Crippen molar-refractivity contribution in [3.8, 4) is 10.7 Å². The Morgan fingerprint density at radius 2 is 2.33 bits per heavy atom. The topological polar surface area (TPSA) is 80.9 Å². The van der Waals surface area contributed by atoms with Gasteiger partial charge in [0.15, 0.2) is 5.82 Å². The predicted molar refractivity (Wildman–Crippen MR) is 68.8 cm³/mol. The third-order valence-corrected chi connectivity index (χ3v) is 4.52. The molecule has 0 spiro atoms. The Labute approximate surface area is 109 Å². The first-order valence-corrected chi connectivity index (χ1v) is 6.89. The van der Waals surface area contributed by atoms with Gasteiger partial charge < -0.3 is 5.11 Å². The molecule has 3 aromatic heterocycles. The highest BCUT2D eigenvalue weighted by atomic mass is 32.1. The van der Waals surface area contributed by atoms with Gasteiger partial charge in [0, 0.05) is 9.40 Å². The van der Waals surface area contributed by atoms with Gasteiger partial charge in [-0.3, -0.25) is 4.79 Å². The van der Waals surface area contributed by atoms with Gasteiger partial charge in [0.1, 0.15) is 0 Å². The van der Waals surface area contributed by atoms with Crippen LogP contribution >= 0.6 is 22.7 Å². The largest absolute Gasteiger partial charge is 0.481 e. The van der Waals surface area contributed by atoms with Crippen molar-refractivity contribution >= 4 is 38.0 Å². The van der Waals surface area contributed by atoms with E-state index in [1.807, 2.05) is 11.4 Å². The van der Waals surface area contributed by atoms with E-state index in [0.29, 0.717) is 5.82 Å². The Morgan fingerprint density at radius 3 is 3.11 bits per heavy atom. The number of nitrogens with zero attached hydrogens (tertiary/aromatic N) is 4. The van der Waals surface area contributed by atoms with Gasteiger partial charge in [0.25, 0.3) is 0 Å². The Morgan fingerprint density at radius 1 is 1.44 bits per heavy atom. The van der Waals surface area contributed by atoms with E-state index < -0.39 is 5.97 Å². The zero-order chi connectivity index (χ0) is 12.5. The van der Waals surface area contributed by atoms with Crippen molar-refractivity contribution in [2.45, 2.75) is 13.0 Å². The molecule has 0 aliphatic heterocycles. The number of hydrogen-bond acceptors (Lipinski definition) is 6. The van der Waals surface area contributed by atoms with Gasteiger partial charge in [-0.05, 0) is 27.9 Å². The van der Waals surface area contributed by atoms with Crippen molar-refractivity contribution in [2.24, 2.45) is 0 Å². The molecule has 0 saturated heterocycles. The summed E-state index contributed by atoms with van der Waals surface area (Å²) in [6.07, 6.45) is 0.0117. The van der Waals surface area contributed by atoms with Crippen LogP contribution in [0, 0.1) is 0 Å². The van der Waals surface area contributed by atoms with Crippen molar-refractivity contribution in [1.82, 2.24) is 20.2 Å². The first-order chi connectivity index (χ1) is 8.74. The second-order valence-corrected chi connectivity index (χ2v) is 5.66. The van der Waals surface area contributed by atoms with E-state index in [1.54, 1.807) is 22.7 Å². The number of hydrogen-bond donors (Lipinski definition) is 1. The van der Waals surface area contributed by atoms with Gasteiger partial charge >= 0.3 is 5.97 Å². The Hall–Kier alpha value is -1.80. The van der Waals surface area contributed by atoms with Crippen LogP contribution in [0.5, 0.6) is 0 Å². The van der Waals surface area contributed by atoms with Gasteiger partial charge in [0.2, 0.25) is 0 Å². The number of carbonyl (C=O) groups is 1. The summed E-state index contributed by atoms with van der Waals surface area (Å²) in [5.74, 6) is -0.228. The summed E-state index contributed by atoms with van der Waals surface area (Å²) in [6.45, 7) is 0.281. The summed E-state index contributed by atoms with van der Waals surface area (Å²) in [5.41, 5.74) is 0. The molecule has 0 aliphatic rings. The second kappa shape index (κ2) is 4.46. The van der Waals surface area contributed by atoms with Crippen LogP contribution in [0.2, 0.25) is 0 Å². The summed E-state index contributed by atoms with van der Waals surface area (Å²) in [5, 5.41) is 22.1. The second-order valence-electron chi connectivity index (χ2n) is 3.63. The average Bonchev–Trinajstić information content (AvgIpc) is 3.00. The Kier molecular flexibility index (Phi) is 2.80. The van der Waals surface area contributed by atoms with E-state index in [-0.39, 0.29) is 13.0 Å². The van der Waals surface area contributed by atoms with E-state index in [9.17, 15) is 4.79 Å². The molecule has 0 amide bonds. The number of carboxylic acid groups (broad SMARTS) is 1. The zero-order valence-corrected chi connectivity index (χ0v) is 10.7. The number of aryl methyl sites for hydroxylation is 1. The van der Waals surface area contributed by atoms with Crippen LogP contribution in [0.4, 0.5) is 0 Å². The molecular formula is C10H8N4O2S2. The fourth-order valence-electron chi connectivity index (χ4n) is 1.61. The van der Waals surface area contributed by atoms with E-state index in [1.165, 1.54) is 14.1 Å². The SMILES string of the molecule is O=C(O)CCn1nnnc1-c1cc2sccc2s1. The monoisotopic (exact) mass is 280 g/mol. The lowest BCUT2D eigenvalue weighted by Gasteiger charge is -1.99. The molecular weight excluding hydrogens is 272 g/mol. The maximum Gasteiger partial charge on any atom is 0.305 e. The zero-order valence-electron chi connectivity index (χ0n) is 9.11. The highest BCUT2D eigenvalue weighted by Crippen LogP contribution is 2.35. The van der Waals surface area contributed by atoms with Gasteiger partial charge in [-0.15, -0.1) is 27.8 Å². The fraction of sp³-hybridized carbons (Fsp3) is 0.200. The quantitative estimate of drug-likeness (QED) is 0.791. The molecule has 0 unspecified atom stereocenters. The molecule has 3 aromatic rings. The summed E-state index contributed by atoms with van der Waals surface area (Å²) in [7, 11) is 0. The molecule has 6 nitrogen and oxygen atoms in total. The van der Waals surface area contributed by atoms with Crippen LogP contribution in [0.25, 0.3) is 20.1 Å². The number of aliphatic carboxylic acids is 1. The molecule has 0 radical (unpaired) electrons. The smallest absolute Gasteiger partial charge is 0.305 e. The molecule has 18 heavy (non-hydrogen) atoms. The van der Waals surface area contributed by atoms with Crippen molar-refractivity contribution < 1.29 is 9.90 Å². The third-order valence-electron chi connectivity index (χ3n) is 2.43. The minimum atomic E-state index is -0.858. The molecule has 3 rings (SSSR count). The van der Waals surface area contributed by atoms with Gasteiger partial charge in [-0.2, -0.15) is 0 Å². The fourth-order valence-corrected chi connectivity index (χ4v) is 3.71. The molecule has 0 aromatic carbocycles. The van der Waals surface area contributed by atoms with Crippen LogP contribution < -0.4 is 0 Å². The number of aromatic nitrogens is 4. The van der Waals surface area contributed by atoms with Crippen LogP contribution in [-0.4, -0.2) is 31.3 Å². The molecule has 8 heteroatoms. The molecule has 0 aliphatic carbocycles. The Balaban J connectivity index is 1.94. The first kappa shape index (κ1) is 11.3. The normalized spacial score (nSPS) is 11.1. The lowest BCUT2D eigenvalue weighted by molar-refractivity contribution is -0.137. The van der Waals surface area contributed by atoms with Crippen molar-refractivity contribution in [3.05, 3.63) is 17.5 Å². The summed E-state index contributed by atoms with van der Waals surface area (Å²) >= 11 is 3.28. The number of rotatable bonds is 4. The minimum Gasteiger partial charge on any atom is -0.481 e. The van der Waals surface area contributed by atoms with Crippen LogP contribution in [-0.2, 0) is 11.3 Å². The molecule has 0 bridgehead atoms. The molecule has 0 saturated carbocycles. The summed E-state index contributed by atoms with van der Waals surface area (Å²) in [4.78, 5) is 11.5. The first-order valence-electron chi connectivity index (χ1n) is 5.19. The lowest BCUT2D eigenvalue weighted by Crippen LogP contribution is -2.07. The van der Waals surface area contributed by atoms with Gasteiger partial charge in [0.05, 0.1) is 17.8 Å². The Bertz CT molecular complexity index is 671. The van der Waals surface area contributed by atoms with E-state index in [4.69, 9.17) is 5.11 Å². The van der Waals surface area contributed by atoms with Crippen molar-refractivity contribution in [2.75, 3.05) is 0 Å². The van der Waals surface area contributed by atoms with Gasteiger partial charge in [-0.25, -0.2) is 4.68 Å². The van der Waals surface area contributed by atoms with Crippen molar-refractivity contribution in [1.29, 1.82) is 0 Å². The maximum atomic E-state index is 10.6. The maximum absolute atomic E-state index is 10.6. The average molecular weight is 280 g/mol. The van der Waals surface area contributed by atoms with E-state index >= 15 is 0 Å². The van der Waals surface area contributed by atoms with Crippen LogP contribution in [0.3, 0.4) is 0 Å². The van der Waals surface area contributed by atoms with Gasteiger partial charge in [-0.1, -0.05) is 0 Å². The lowest BCUT2D eigenvalue weighted by atomic mass is 10.4. The number of thiophene rings is 2. The molecule has 0 fully saturated rings. The molecule has 3 heterocycles. The molecule has 0 atom stereocenters. The minimum absolute atomic E-state index is 0.0117. The van der Waals surface area contributed by atoms with E-state index in [2.05, 4.69) is 21.6 Å². The third kappa shape index (κ3) is 2.00.